The first kappa shape index (κ1) is 13.9. The Hall–Kier alpha value is -1.17. The van der Waals surface area contributed by atoms with Crippen molar-refractivity contribution in [1.29, 1.82) is 0 Å². The Labute approximate surface area is 105 Å². The van der Waals surface area contributed by atoms with Crippen LogP contribution in [0.4, 0.5) is 0 Å². The zero-order valence-corrected chi connectivity index (χ0v) is 11.4. The van der Waals surface area contributed by atoms with Gasteiger partial charge in [0.2, 0.25) is 0 Å². The van der Waals surface area contributed by atoms with Crippen molar-refractivity contribution >= 4 is 5.96 Å². The minimum absolute atomic E-state index is 0.0365. The maximum Gasteiger partial charge on any atom is 0.192 e. The third kappa shape index (κ3) is 4.30. The van der Waals surface area contributed by atoms with Crippen LogP contribution >= 0.6 is 0 Å². The molecule has 1 saturated heterocycles. The van der Waals surface area contributed by atoms with Gasteiger partial charge in [0, 0.05) is 13.1 Å². The zero-order chi connectivity index (χ0) is 12.9. The average molecular weight is 235 g/mol. The quantitative estimate of drug-likeness (QED) is 0.430. The van der Waals surface area contributed by atoms with Crippen LogP contribution < -0.4 is 5.73 Å². The van der Waals surface area contributed by atoms with Crippen molar-refractivity contribution in [3.63, 3.8) is 0 Å². The lowest BCUT2D eigenvalue weighted by Gasteiger charge is -2.26. The molecule has 0 spiro atoms. The van der Waals surface area contributed by atoms with Crippen LogP contribution in [0.2, 0.25) is 0 Å². The van der Waals surface area contributed by atoms with Gasteiger partial charge in [-0.3, -0.25) is 0 Å². The van der Waals surface area contributed by atoms with E-state index in [1.165, 1.54) is 25.7 Å². The number of terminal acetylenes is 1. The first-order valence-electron chi connectivity index (χ1n) is 6.49. The van der Waals surface area contributed by atoms with E-state index in [9.17, 15) is 0 Å². The first-order valence-corrected chi connectivity index (χ1v) is 6.49. The highest BCUT2D eigenvalue weighted by Crippen LogP contribution is 2.22. The van der Waals surface area contributed by atoms with E-state index in [1.807, 2.05) is 0 Å². The van der Waals surface area contributed by atoms with Gasteiger partial charge in [-0.05, 0) is 18.3 Å². The van der Waals surface area contributed by atoms with E-state index in [-0.39, 0.29) is 11.5 Å². The van der Waals surface area contributed by atoms with E-state index in [2.05, 4.69) is 36.6 Å². The second-order valence-electron chi connectivity index (χ2n) is 5.82. The summed E-state index contributed by atoms with van der Waals surface area (Å²) in [5.74, 6) is 3.35. The number of nitrogens with zero attached hydrogens (tertiary/aromatic N) is 2. The second kappa shape index (κ2) is 5.95. The Morgan fingerprint density at radius 3 is 2.18 bits per heavy atom. The summed E-state index contributed by atoms with van der Waals surface area (Å²) in [5, 5.41) is 0. The van der Waals surface area contributed by atoms with Crippen molar-refractivity contribution in [3.05, 3.63) is 0 Å². The normalized spacial score (nSPS) is 20.6. The van der Waals surface area contributed by atoms with Crippen molar-refractivity contribution in [2.45, 2.75) is 52.5 Å². The van der Waals surface area contributed by atoms with Crippen LogP contribution in [0.3, 0.4) is 0 Å². The third-order valence-corrected chi connectivity index (χ3v) is 3.17. The molecule has 1 atom stereocenters. The van der Waals surface area contributed by atoms with Crippen LogP contribution in [-0.2, 0) is 0 Å². The molecule has 1 aliphatic rings. The van der Waals surface area contributed by atoms with Gasteiger partial charge in [0.15, 0.2) is 5.96 Å². The van der Waals surface area contributed by atoms with Crippen LogP contribution in [0.5, 0.6) is 0 Å². The largest absolute Gasteiger partial charge is 0.370 e. The molecule has 3 nitrogen and oxygen atoms in total. The summed E-state index contributed by atoms with van der Waals surface area (Å²) in [6.45, 7) is 8.30. The molecule has 1 rings (SSSR count). The third-order valence-electron chi connectivity index (χ3n) is 3.17. The SMILES string of the molecule is C#CC(N=C(N)N1CCCCCC1)C(C)(C)C. The van der Waals surface area contributed by atoms with Gasteiger partial charge in [-0.15, -0.1) is 6.42 Å². The molecule has 1 heterocycles. The number of guanidine groups is 1. The minimum Gasteiger partial charge on any atom is -0.370 e. The van der Waals surface area contributed by atoms with Gasteiger partial charge in [0.1, 0.15) is 6.04 Å². The molecule has 0 amide bonds. The summed E-state index contributed by atoms with van der Waals surface area (Å²) in [6.07, 6.45) is 10.5. The molecule has 1 unspecified atom stereocenters. The van der Waals surface area contributed by atoms with Crippen molar-refractivity contribution < 1.29 is 0 Å². The van der Waals surface area contributed by atoms with Crippen molar-refractivity contribution in [2.75, 3.05) is 13.1 Å². The average Bonchev–Trinajstić information content (AvgIpc) is 2.52. The van der Waals surface area contributed by atoms with Crippen molar-refractivity contribution in [1.82, 2.24) is 4.90 Å². The monoisotopic (exact) mass is 235 g/mol. The van der Waals surface area contributed by atoms with Gasteiger partial charge in [-0.1, -0.05) is 39.5 Å². The van der Waals surface area contributed by atoms with Gasteiger partial charge in [-0.2, -0.15) is 0 Å². The van der Waals surface area contributed by atoms with Crippen LogP contribution in [-0.4, -0.2) is 30.0 Å². The topological polar surface area (TPSA) is 41.6 Å². The first-order chi connectivity index (χ1) is 7.95. The van der Waals surface area contributed by atoms with E-state index in [4.69, 9.17) is 12.2 Å². The molecular formula is C14H25N3. The number of nitrogens with two attached hydrogens (primary N) is 1. The molecule has 1 fully saturated rings. The van der Waals surface area contributed by atoms with Crippen LogP contribution in [0.15, 0.2) is 4.99 Å². The number of hydrogen-bond donors (Lipinski definition) is 1. The Balaban J connectivity index is 2.72. The lowest BCUT2D eigenvalue weighted by molar-refractivity contribution is 0.365. The molecule has 96 valence electrons. The molecule has 0 aliphatic carbocycles. The molecule has 0 aromatic heterocycles. The highest BCUT2D eigenvalue weighted by Gasteiger charge is 2.23. The van der Waals surface area contributed by atoms with Gasteiger partial charge in [-0.25, -0.2) is 4.99 Å². The molecule has 0 bridgehead atoms. The predicted molar refractivity (Wildman–Crippen MR) is 73.7 cm³/mol. The predicted octanol–water partition coefficient (Wildman–Crippen LogP) is 2.22. The van der Waals surface area contributed by atoms with Crippen LogP contribution in [0.1, 0.15) is 46.5 Å². The molecule has 0 aromatic rings. The van der Waals surface area contributed by atoms with E-state index in [1.54, 1.807) is 0 Å². The highest BCUT2D eigenvalue weighted by atomic mass is 15.3. The summed E-state index contributed by atoms with van der Waals surface area (Å²) < 4.78 is 0. The summed E-state index contributed by atoms with van der Waals surface area (Å²) in [6, 6.07) is -0.147. The van der Waals surface area contributed by atoms with Crippen molar-refractivity contribution in [3.8, 4) is 12.3 Å². The maximum atomic E-state index is 6.07. The number of hydrogen-bond acceptors (Lipinski definition) is 1. The van der Waals surface area contributed by atoms with Crippen LogP contribution in [0.25, 0.3) is 0 Å². The fraction of sp³-hybridized carbons (Fsp3) is 0.786. The Morgan fingerprint density at radius 2 is 1.76 bits per heavy atom. The van der Waals surface area contributed by atoms with Crippen LogP contribution in [0, 0.1) is 17.8 Å². The smallest absolute Gasteiger partial charge is 0.192 e. The molecule has 0 aromatic carbocycles. The standard InChI is InChI=1S/C14H25N3/c1-5-12(14(2,3)4)16-13(15)17-10-8-6-7-9-11-17/h1,12H,6-11H2,2-4H3,(H2,15,16). The molecule has 0 radical (unpaired) electrons. The fourth-order valence-corrected chi connectivity index (χ4v) is 1.99. The van der Waals surface area contributed by atoms with Gasteiger partial charge in [0.25, 0.3) is 0 Å². The van der Waals surface area contributed by atoms with Gasteiger partial charge < -0.3 is 10.6 Å². The van der Waals surface area contributed by atoms with Gasteiger partial charge in [0.05, 0.1) is 0 Å². The minimum atomic E-state index is -0.147. The van der Waals surface area contributed by atoms with Gasteiger partial charge >= 0.3 is 0 Å². The maximum absolute atomic E-state index is 6.07. The number of aliphatic imine (C=N–C) groups is 1. The number of rotatable bonds is 1. The van der Waals surface area contributed by atoms with E-state index < -0.39 is 0 Å². The molecule has 1 aliphatic heterocycles. The molecule has 0 saturated carbocycles. The lowest BCUT2D eigenvalue weighted by atomic mass is 9.88. The lowest BCUT2D eigenvalue weighted by Crippen LogP contribution is -2.40. The Kier molecular flexibility index (Phi) is 4.86. The summed E-state index contributed by atoms with van der Waals surface area (Å²) >= 11 is 0. The number of likely N-dealkylation sites (tertiary alicyclic amines) is 1. The molecule has 2 N–H and O–H groups in total. The second-order valence-corrected chi connectivity index (χ2v) is 5.82. The zero-order valence-electron chi connectivity index (χ0n) is 11.4. The highest BCUT2D eigenvalue weighted by molar-refractivity contribution is 5.78. The van der Waals surface area contributed by atoms with E-state index in [0.29, 0.717) is 5.96 Å². The summed E-state index contributed by atoms with van der Waals surface area (Å²) in [5.41, 5.74) is 6.03. The van der Waals surface area contributed by atoms with E-state index in [0.717, 1.165) is 13.1 Å². The molecule has 17 heavy (non-hydrogen) atoms. The Bertz CT molecular complexity index is 298. The summed E-state index contributed by atoms with van der Waals surface area (Å²) in [4.78, 5) is 6.69. The Morgan fingerprint density at radius 1 is 1.24 bits per heavy atom. The molecular weight excluding hydrogens is 210 g/mol. The molecule has 3 heteroatoms. The fourth-order valence-electron chi connectivity index (χ4n) is 1.99. The summed E-state index contributed by atoms with van der Waals surface area (Å²) in [7, 11) is 0. The van der Waals surface area contributed by atoms with E-state index >= 15 is 0 Å². The van der Waals surface area contributed by atoms with Crippen molar-refractivity contribution in [2.24, 2.45) is 16.1 Å².